The third-order valence-corrected chi connectivity index (χ3v) is 3.04. The van der Waals surface area contributed by atoms with Crippen molar-refractivity contribution in [3.8, 4) is 11.5 Å². The summed E-state index contributed by atoms with van der Waals surface area (Å²) in [6.45, 7) is 0. The highest BCUT2D eigenvalue weighted by Crippen LogP contribution is 2.30. The highest BCUT2D eigenvalue weighted by Gasteiger charge is 2.03. The zero-order valence-electron chi connectivity index (χ0n) is 11.8. The maximum absolute atomic E-state index is 9.84. The minimum atomic E-state index is -2.86. The fraction of sp³-hybridized carbons (Fsp3) is 0. The number of aromatic hydroxyl groups is 2. The second kappa shape index (κ2) is 7.59. The number of para-hydroxylation sites is 2. The summed E-state index contributed by atoms with van der Waals surface area (Å²) in [5.74, 6) is 0.443. The van der Waals surface area contributed by atoms with Crippen LogP contribution in [0.4, 0.5) is 11.4 Å². The van der Waals surface area contributed by atoms with Gasteiger partial charge in [-0.15, -0.1) is 0 Å². The maximum Gasteiger partial charge on any atom is 0.139 e. The first-order valence-electron chi connectivity index (χ1n) is 6.52. The highest BCUT2D eigenvalue weighted by molar-refractivity contribution is 7.73. The van der Waals surface area contributed by atoms with Crippen LogP contribution in [-0.2, 0) is 11.4 Å². The number of hydrogen-bond acceptors (Lipinski definition) is 5. The highest BCUT2D eigenvalue weighted by atomic mass is 32.2. The normalized spacial score (nSPS) is 11.4. The van der Waals surface area contributed by atoms with Gasteiger partial charge in [-0.05, 0) is 35.7 Å². The molecule has 0 aliphatic heterocycles. The molecule has 0 bridgehead atoms. The van der Waals surface area contributed by atoms with Crippen molar-refractivity contribution in [2.24, 2.45) is 0 Å². The Morgan fingerprint density at radius 2 is 1.57 bits per heavy atom. The number of phenols is 2. The van der Waals surface area contributed by atoms with Crippen LogP contribution in [0.5, 0.6) is 11.5 Å². The maximum atomic E-state index is 9.84. The van der Waals surface area contributed by atoms with Gasteiger partial charge in [0.1, 0.15) is 11.5 Å². The monoisotopic (exact) mass is 332 g/mol. The molecular formula is C16H14NO5S-. The lowest BCUT2D eigenvalue weighted by Crippen LogP contribution is -1.90. The van der Waals surface area contributed by atoms with E-state index in [0.29, 0.717) is 5.69 Å². The van der Waals surface area contributed by atoms with Crippen molar-refractivity contribution in [3.05, 3.63) is 60.7 Å². The van der Waals surface area contributed by atoms with Gasteiger partial charge in [0.25, 0.3) is 0 Å². The zero-order chi connectivity index (χ0) is 16.8. The van der Waals surface area contributed by atoms with E-state index < -0.39 is 11.4 Å². The molecular weight excluding hydrogens is 318 g/mol. The second-order valence-corrected chi connectivity index (χ2v) is 5.01. The lowest BCUT2D eigenvalue weighted by molar-refractivity contribution is 0.436. The third-order valence-electron chi connectivity index (χ3n) is 3.04. The molecule has 0 amide bonds. The summed E-state index contributed by atoms with van der Waals surface area (Å²) in [7, 11) is 0. The van der Waals surface area contributed by atoms with E-state index in [4.69, 9.17) is 13.3 Å². The van der Waals surface area contributed by atoms with E-state index >= 15 is 0 Å². The lowest BCUT2D eigenvalue weighted by atomic mass is 10.1. The van der Waals surface area contributed by atoms with Crippen molar-refractivity contribution in [2.75, 3.05) is 5.32 Å². The summed E-state index contributed by atoms with van der Waals surface area (Å²) in [6.07, 6.45) is 0. The molecule has 0 heterocycles. The number of anilines is 2. The van der Waals surface area contributed by atoms with Gasteiger partial charge in [0.2, 0.25) is 0 Å². The molecule has 7 heteroatoms. The zero-order valence-corrected chi connectivity index (χ0v) is 12.7. The van der Waals surface area contributed by atoms with Crippen molar-refractivity contribution in [1.29, 1.82) is 0 Å². The minimum Gasteiger partial charge on any atom is -0.750 e. The molecule has 3 aromatic rings. The first kappa shape index (κ1) is 16.8. The van der Waals surface area contributed by atoms with Gasteiger partial charge in [0.15, 0.2) is 0 Å². The van der Waals surface area contributed by atoms with E-state index in [9.17, 15) is 10.2 Å². The smallest absolute Gasteiger partial charge is 0.139 e. The average molecular weight is 332 g/mol. The topological polar surface area (TPSA) is 113 Å². The van der Waals surface area contributed by atoms with Crippen LogP contribution < -0.4 is 5.32 Å². The Morgan fingerprint density at radius 1 is 0.913 bits per heavy atom. The Labute approximate surface area is 135 Å². The molecule has 0 saturated carbocycles. The molecule has 3 aromatic carbocycles. The van der Waals surface area contributed by atoms with Crippen LogP contribution in [0.25, 0.3) is 10.8 Å². The SMILES string of the molecule is O=S([O-])O.Oc1ccccc1Nc1ccc2cccc(O)c2c1. The molecule has 4 N–H and O–H groups in total. The summed E-state index contributed by atoms with van der Waals surface area (Å²) in [5.41, 5.74) is 1.45. The first-order chi connectivity index (χ1) is 11.0. The molecule has 6 nitrogen and oxygen atoms in total. The Kier molecular flexibility index (Phi) is 5.53. The molecule has 0 aliphatic carbocycles. The van der Waals surface area contributed by atoms with Gasteiger partial charge in [0, 0.05) is 11.1 Å². The van der Waals surface area contributed by atoms with E-state index in [2.05, 4.69) is 5.32 Å². The van der Waals surface area contributed by atoms with Crippen LogP contribution in [0.1, 0.15) is 0 Å². The lowest BCUT2D eigenvalue weighted by Gasteiger charge is -2.09. The van der Waals surface area contributed by atoms with Gasteiger partial charge in [-0.1, -0.05) is 30.3 Å². The molecule has 3 rings (SSSR count). The number of benzene rings is 3. The molecule has 0 radical (unpaired) electrons. The summed E-state index contributed by atoms with van der Waals surface area (Å²) < 4.78 is 24.1. The van der Waals surface area contributed by atoms with Gasteiger partial charge in [-0.2, -0.15) is 0 Å². The summed E-state index contributed by atoms with van der Waals surface area (Å²) >= 11 is -2.86. The van der Waals surface area contributed by atoms with Gasteiger partial charge >= 0.3 is 0 Å². The van der Waals surface area contributed by atoms with Crippen LogP contribution in [0.3, 0.4) is 0 Å². The first-order valence-corrected chi connectivity index (χ1v) is 7.55. The molecule has 0 fully saturated rings. The van der Waals surface area contributed by atoms with Gasteiger partial charge < -0.3 is 24.6 Å². The average Bonchev–Trinajstić information content (AvgIpc) is 2.50. The van der Waals surface area contributed by atoms with Crippen molar-refractivity contribution in [1.82, 2.24) is 0 Å². The number of rotatable bonds is 2. The van der Waals surface area contributed by atoms with Crippen LogP contribution in [0.2, 0.25) is 0 Å². The molecule has 0 spiro atoms. The van der Waals surface area contributed by atoms with E-state index in [0.717, 1.165) is 16.5 Å². The molecule has 0 aromatic heterocycles. The number of hydrogen-bond donors (Lipinski definition) is 4. The number of nitrogens with one attached hydrogen (secondary N) is 1. The Morgan fingerprint density at radius 3 is 2.26 bits per heavy atom. The van der Waals surface area contributed by atoms with Gasteiger partial charge in [0.05, 0.1) is 17.0 Å². The number of fused-ring (bicyclic) bond motifs is 1. The quantitative estimate of drug-likeness (QED) is 0.423. The van der Waals surface area contributed by atoms with Gasteiger partial charge in [-0.3, -0.25) is 0 Å². The molecule has 0 aliphatic rings. The fourth-order valence-corrected chi connectivity index (χ4v) is 2.07. The minimum absolute atomic E-state index is 0.194. The molecule has 1 atom stereocenters. The Balaban J connectivity index is 0.000000433. The Bertz CT molecular complexity index is 834. The number of phenolic OH excluding ortho intramolecular Hbond substituents is 2. The van der Waals surface area contributed by atoms with E-state index in [1.54, 1.807) is 24.3 Å². The largest absolute Gasteiger partial charge is 0.750 e. The summed E-state index contributed by atoms with van der Waals surface area (Å²) in [6, 6.07) is 18.2. The van der Waals surface area contributed by atoms with Crippen LogP contribution in [-0.4, -0.2) is 23.5 Å². The molecule has 120 valence electrons. The van der Waals surface area contributed by atoms with Crippen molar-refractivity contribution in [3.63, 3.8) is 0 Å². The third kappa shape index (κ3) is 4.68. The van der Waals surface area contributed by atoms with Crippen LogP contribution >= 0.6 is 0 Å². The second-order valence-electron chi connectivity index (χ2n) is 4.57. The fourth-order valence-electron chi connectivity index (χ4n) is 2.07. The molecule has 1 unspecified atom stereocenters. The van der Waals surface area contributed by atoms with E-state index in [1.165, 1.54) is 0 Å². The molecule has 0 saturated heterocycles. The Hall–Kier alpha value is -2.61. The van der Waals surface area contributed by atoms with Crippen LogP contribution in [0, 0.1) is 0 Å². The van der Waals surface area contributed by atoms with E-state index in [1.807, 2.05) is 36.4 Å². The predicted molar refractivity (Wildman–Crippen MR) is 88.6 cm³/mol. The summed E-state index contributed by atoms with van der Waals surface area (Å²) in [5, 5.41) is 24.5. The molecule has 23 heavy (non-hydrogen) atoms. The van der Waals surface area contributed by atoms with Crippen molar-refractivity contribution < 1.29 is 23.5 Å². The van der Waals surface area contributed by atoms with Crippen molar-refractivity contribution in [2.45, 2.75) is 0 Å². The van der Waals surface area contributed by atoms with Crippen LogP contribution in [0.15, 0.2) is 60.7 Å². The van der Waals surface area contributed by atoms with E-state index in [-0.39, 0.29) is 11.5 Å². The summed E-state index contributed by atoms with van der Waals surface area (Å²) in [4.78, 5) is 0. The standard InChI is InChI=1S/C16H13NO2.H2O3S/c18-15-7-3-4-11-8-9-12(10-13(11)15)17-14-5-1-2-6-16(14)19;1-4(2)3/h1-10,17-19H;(H2,1,2,3)/p-1. The van der Waals surface area contributed by atoms with Crippen molar-refractivity contribution >= 4 is 33.5 Å². The predicted octanol–water partition coefficient (Wildman–Crippen LogP) is 3.33. The van der Waals surface area contributed by atoms with Gasteiger partial charge in [-0.25, -0.2) is 4.21 Å².